The Labute approximate surface area is 189 Å². The van der Waals surface area contributed by atoms with Crippen molar-refractivity contribution in [2.75, 3.05) is 7.11 Å². The Bertz CT molecular complexity index is 1460. The molecule has 0 fully saturated rings. The van der Waals surface area contributed by atoms with Crippen molar-refractivity contribution in [2.45, 2.75) is 12.3 Å². The van der Waals surface area contributed by atoms with Crippen LogP contribution in [-0.4, -0.2) is 31.8 Å². The molecule has 3 heterocycles. The van der Waals surface area contributed by atoms with Crippen molar-refractivity contribution in [2.24, 2.45) is 0 Å². The predicted octanol–water partition coefficient (Wildman–Crippen LogP) is 4.72. The number of phenols is 1. The van der Waals surface area contributed by atoms with Crippen LogP contribution < -0.4 is 9.47 Å². The average Bonchev–Trinajstić information content (AvgIpc) is 3.26. The van der Waals surface area contributed by atoms with Crippen LogP contribution in [0.3, 0.4) is 0 Å². The van der Waals surface area contributed by atoms with E-state index in [1.54, 1.807) is 30.1 Å². The first-order valence-corrected chi connectivity index (χ1v) is 10.6. The van der Waals surface area contributed by atoms with Crippen molar-refractivity contribution in [3.63, 3.8) is 0 Å². The fraction of sp³-hybridized carbons (Fsp3) is 0.115. The van der Waals surface area contributed by atoms with E-state index in [0.29, 0.717) is 29.5 Å². The minimum Gasteiger partial charge on any atom is -0.508 e. The Balaban J connectivity index is 1.49. The van der Waals surface area contributed by atoms with Gasteiger partial charge in [-0.1, -0.05) is 48.5 Å². The third-order valence-electron chi connectivity index (χ3n) is 5.89. The Morgan fingerprint density at radius 1 is 1.03 bits per heavy atom. The highest BCUT2D eigenvalue weighted by Crippen LogP contribution is 2.48. The predicted molar refractivity (Wildman–Crippen MR) is 122 cm³/mol. The molecular formula is C26H20N4O3. The molecule has 0 saturated heterocycles. The van der Waals surface area contributed by atoms with Crippen LogP contribution in [0.1, 0.15) is 34.0 Å². The number of fused-ring (bicyclic) bond motifs is 4. The first-order chi connectivity index (χ1) is 16.2. The van der Waals surface area contributed by atoms with Gasteiger partial charge in [-0.15, -0.1) is 5.10 Å². The van der Waals surface area contributed by atoms with Crippen LogP contribution in [-0.2, 0) is 6.42 Å². The molecule has 0 saturated carbocycles. The summed E-state index contributed by atoms with van der Waals surface area (Å²) in [6.45, 7) is 0. The SMILES string of the molecule is COc1ccc(Cc2nc3c4c(ncn3n2)Oc2cc(O)ccc2[C@@H]4c2ccccc2)cc1. The number of phenolic OH excluding ortho intramolecular Hbond substituents is 1. The van der Waals surface area contributed by atoms with Crippen LogP contribution in [0.15, 0.2) is 79.1 Å². The van der Waals surface area contributed by atoms with Crippen LogP contribution in [0, 0.1) is 0 Å². The van der Waals surface area contributed by atoms with E-state index in [9.17, 15) is 5.11 Å². The lowest BCUT2D eigenvalue weighted by atomic mass is 9.84. The number of nitrogens with zero attached hydrogens (tertiary/aromatic N) is 4. The molecule has 0 radical (unpaired) electrons. The number of hydrogen-bond acceptors (Lipinski definition) is 6. The Morgan fingerprint density at radius 2 is 1.85 bits per heavy atom. The molecule has 1 atom stereocenters. The summed E-state index contributed by atoms with van der Waals surface area (Å²) in [6.07, 6.45) is 2.20. The topological polar surface area (TPSA) is 81.8 Å². The van der Waals surface area contributed by atoms with Crippen LogP contribution in [0.25, 0.3) is 5.65 Å². The zero-order valence-corrected chi connectivity index (χ0v) is 17.8. The van der Waals surface area contributed by atoms with Gasteiger partial charge in [0.05, 0.1) is 12.7 Å². The molecule has 5 aromatic rings. The summed E-state index contributed by atoms with van der Waals surface area (Å²) in [6, 6.07) is 23.2. The highest BCUT2D eigenvalue weighted by Gasteiger charge is 2.33. The van der Waals surface area contributed by atoms with Gasteiger partial charge in [0.25, 0.3) is 0 Å². The zero-order chi connectivity index (χ0) is 22.4. The Morgan fingerprint density at radius 3 is 2.64 bits per heavy atom. The van der Waals surface area contributed by atoms with E-state index in [4.69, 9.17) is 14.5 Å². The van der Waals surface area contributed by atoms with Gasteiger partial charge < -0.3 is 14.6 Å². The largest absolute Gasteiger partial charge is 0.508 e. The normalized spacial score (nSPS) is 14.4. The van der Waals surface area contributed by atoms with Gasteiger partial charge in [-0.25, -0.2) is 14.5 Å². The smallest absolute Gasteiger partial charge is 0.228 e. The third-order valence-corrected chi connectivity index (χ3v) is 5.89. The molecule has 0 spiro atoms. The average molecular weight is 436 g/mol. The summed E-state index contributed by atoms with van der Waals surface area (Å²) in [7, 11) is 1.65. The first-order valence-electron chi connectivity index (χ1n) is 10.6. The highest BCUT2D eigenvalue weighted by atomic mass is 16.5. The summed E-state index contributed by atoms with van der Waals surface area (Å²) in [5, 5.41) is 14.7. The van der Waals surface area contributed by atoms with Crippen molar-refractivity contribution < 1.29 is 14.6 Å². The number of benzene rings is 3. The Kier molecular flexibility index (Phi) is 4.47. The molecule has 6 rings (SSSR count). The van der Waals surface area contributed by atoms with E-state index < -0.39 is 0 Å². The molecule has 33 heavy (non-hydrogen) atoms. The summed E-state index contributed by atoms with van der Waals surface area (Å²) in [4.78, 5) is 9.42. The molecule has 1 aliphatic heterocycles. The number of hydrogen-bond donors (Lipinski definition) is 1. The van der Waals surface area contributed by atoms with Crippen molar-refractivity contribution in [1.29, 1.82) is 0 Å². The second-order valence-corrected chi connectivity index (χ2v) is 7.95. The molecule has 162 valence electrons. The van der Waals surface area contributed by atoms with Crippen molar-refractivity contribution in [3.05, 3.63) is 107 Å². The van der Waals surface area contributed by atoms with Crippen LogP contribution >= 0.6 is 0 Å². The highest BCUT2D eigenvalue weighted by molar-refractivity contribution is 5.66. The molecule has 0 amide bonds. The lowest BCUT2D eigenvalue weighted by Crippen LogP contribution is -2.14. The Hall–Kier alpha value is -4.39. The molecule has 7 heteroatoms. The van der Waals surface area contributed by atoms with Gasteiger partial charge in [-0.2, -0.15) is 0 Å². The number of ether oxygens (including phenoxy) is 2. The minimum atomic E-state index is -0.153. The van der Waals surface area contributed by atoms with Gasteiger partial charge in [0.1, 0.15) is 23.6 Å². The fourth-order valence-corrected chi connectivity index (χ4v) is 4.34. The lowest BCUT2D eigenvalue weighted by Gasteiger charge is -2.27. The fourth-order valence-electron chi connectivity index (χ4n) is 4.34. The molecule has 0 aliphatic carbocycles. The standard InChI is InChI=1S/C26H20N4O3/c1-32-19-10-7-16(8-11-19)13-22-28-25-24-23(17-5-3-2-4-6-17)20-12-9-18(31)14-21(20)33-26(24)27-15-30(25)29-22/h2-12,14-15,23,31H,13H2,1H3/t23-/m0/s1. The van der Waals surface area contributed by atoms with E-state index in [0.717, 1.165) is 28.0 Å². The molecule has 3 aromatic carbocycles. The van der Waals surface area contributed by atoms with Crippen LogP contribution in [0.2, 0.25) is 0 Å². The summed E-state index contributed by atoms with van der Waals surface area (Å²) < 4.78 is 13.1. The van der Waals surface area contributed by atoms with Crippen molar-refractivity contribution >= 4 is 5.65 Å². The van der Waals surface area contributed by atoms with Gasteiger partial charge >= 0.3 is 0 Å². The van der Waals surface area contributed by atoms with Gasteiger partial charge in [0.2, 0.25) is 5.88 Å². The molecule has 2 aromatic heterocycles. The lowest BCUT2D eigenvalue weighted by molar-refractivity contribution is 0.414. The molecule has 1 N–H and O–H groups in total. The van der Waals surface area contributed by atoms with Crippen molar-refractivity contribution in [1.82, 2.24) is 19.6 Å². The van der Waals surface area contributed by atoms with Crippen LogP contribution in [0.5, 0.6) is 23.1 Å². The van der Waals surface area contributed by atoms with Gasteiger partial charge in [-0.3, -0.25) is 0 Å². The first kappa shape index (κ1) is 19.3. The molecule has 7 nitrogen and oxygen atoms in total. The molecule has 1 aliphatic rings. The van der Waals surface area contributed by atoms with E-state index in [1.807, 2.05) is 48.5 Å². The summed E-state index contributed by atoms with van der Waals surface area (Å²) in [5.74, 6) is 2.56. The summed E-state index contributed by atoms with van der Waals surface area (Å²) in [5.41, 5.74) is 4.68. The maximum Gasteiger partial charge on any atom is 0.228 e. The number of aromatic nitrogens is 4. The second-order valence-electron chi connectivity index (χ2n) is 7.95. The third kappa shape index (κ3) is 3.34. The van der Waals surface area contributed by atoms with Crippen LogP contribution in [0.4, 0.5) is 0 Å². The van der Waals surface area contributed by atoms with E-state index in [2.05, 4.69) is 22.2 Å². The molecule has 0 unspecified atom stereocenters. The van der Waals surface area contributed by atoms with Gasteiger partial charge in [0, 0.05) is 24.0 Å². The zero-order valence-electron chi connectivity index (χ0n) is 17.8. The maximum atomic E-state index is 10.0. The number of rotatable bonds is 4. The van der Waals surface area contributed by atoms with Gasteiger partial charge in [-0.05, 0) is 29.3 Å². The monoisotopic (exact) mass is 436 g/mol. The van der Waals surface area contributed by atoms with Crippen molar-refractivity contribution in [3.8, 4) is 23.1 Å². The molecular weight excluding hydrogens is 416 g/mol. The second kappa shape index (κ2) is 7.63. The van der Waals surface area contributed by atoms with E-state index in [-0.39, 0.29) is 11.7 Å². The number of methoxy groups -OCH3 is 1. The van der Waals surface area contributed by atoms with E-state index >= 15 is 0 Å². The van der Waals surface area contributed by atoms with E-state index in [1.165, 1.54) is 0 Å². The minimum absolute atomic E-state index is 0.148. The summed E-state index contributed by atoms with van der Waals surface area (Å²) >= 11 is 0. The van der Waals surface area contributed by atoms with Gasteiger partial charge in [0.15, 0.2) is 11.5 Å². The number of aromatic hydroxyl groups is 1. The quantitative estimate of drug-likeness (QED) is 0.431. The molecule has 0 bridgehead atoms. The maximum absolute atomic E-state index is 10.0.